The molecule has 2 unspecified atom stereocenters. The van der Waals surface area contributed by atoms with E-state index in [1.54, 1.807) is 24.2 Å². The van der Waals surface area contributed by atoms with Crippen LogP contribution in [0.2, 0.25) is 0 Å². The molecule has 2 heterocycles. The minimum Gasteiger partial charge on any atom is -0.481 e. The van der Waals surface area contributed by atoms with Crippen molar-refractivity contribution in [1.82, 2.24) is 4.90 Å². The Labute approximate surface area is 105 Å². The highest BCUT2D eigenvalue weighted by molar-refractivity contribution is 5.79. The largest absolute Gasteiger partial charge is 0.481 e. The number of aliphatic carboxylic acids is 1. The molecule has 2 rings (SSSR count). The maximum atomic E-state index is 12.0. The monoisotopic (exact) mass is 251 g/mol. The fourth-order valence-electron chi connectivity index (χ4n) is 2.45. The Morgan fingerprint density at radius 3 is 2.89 bits per heavy atom. The van der Waals surface area contributed by atoms with Crippen molar-refractivity contribution < 1.29 is 19.1 Å². The Morgan fingerprint density at radius 2 is 2.33 bits per heavy atom. The van der Waals surface area contributed by atoms with Crippen molar-refractivity contribution >= 4 is 11.9 Å². The zero-order valence-corrected chi connectivity index (χ0v) is 10.3. The van der Waals surface area contributed by atoms with E-state index < -0.39 is 11.9 Å². The van der Waals surface area contributed by atoms with Gasteiger partial charge in [-0.15, -0.1) is 0 Å². The first kappa shape index (κ1) is 12.7. The second kappa shape index (κ2) is 5.25. The molecule has 0 aliphatic carbocycles. The van der Waals surface area contributed by atoms with Gasteiger partial charge in [0, 0.05) is 25.4 Å². The normalized spacial score (nSPS) is 23.3. The molecule has 0 radical (unpaired) electrons. The van der Waals surface area contributed by atoms with E-state index in [9.17, 15) is 9.59 Å². The van der Waals surface area contributed by atoms with Crippen LogP contribution in [0.25, 0.3) is 0 Å². The van der Waals surface area contributed by atoms with Gasteiger partial charge in [-0.1, -0.05) is 0 Å². The van der Waals surface area contributed by atoms with Crippen molar-refractivity contribution in [2.24, 2.45) is 5.92 Å². The van der Waals surface area contributed by atoms with E-state index in [0.717, 1.165) is 5.76 Å². The first-order valence-corrected chi connectivity index (χ1v) is 6.14. The summed E-state index contributed by atoms with van der Waals surface area (Å²) in [5.41, 5.74) is 0. The summed E-state index contributed by atoms with van der Waals surface area (Å²) in [7, 11) is 0. The van der Waals surface area contributed by atoms with Crippen LogP contribution in [0.5, 0.6) is 0 Å². The van der Waals surface area contributed by atoms with E-state index in [2.05, 4.69) is 0 Å². The van der Waals surface area contributed by atoms with Crippen LogP contribution < -0.4 is 0 Å². The van der Waals surface area contributed by atoms with Crippen LogP contribution in [0.4, 0.5) is 0 Å². The molecule has 1 aliphatic rings. The molecule has 1 fully saturated rings. The molecule has 98 valence electrons. The Kier molecular flexibility index (Phi) is 3.69. The highest BCUT2D eigenvalue weighted by Crippen LogP contribution is 2.25. The molecule has 1 aromatic rings. The molecule has 0 bridgehead atoms. The predicted octanol–water partition coefficient (Wildman–Crippen LogP) is 1.53. The van der Waals surface area contributed by atoms with Crippen molar-refractivity contribution in [3.63, 3.8) is 0 Å². The average Bonchev–Trinajstić information content (AvgIpc) is 2.94. The smallest absolute Gasteiger partial charge is 0.308 e. The van der Waals surface area contributed by atoms with Crippen molar-refractivity contribution in [3.05, 3.63) is 24.2 Å². The molecule has 18 heavy (non-hydrogen) atoms. The Balaban J connectivity index is 1.88. The molecular formula is C13H17NO4. The molecule has 0 spiro atoms. The molecule has 0 saturated carbocycles. The molecule has 1 N–H and O–H groups in total. The lowest BCUT2D eigenvalue weighted by molar-refractivity contribution is -0.143. The predicted molar refractivity (Wildman–Crippen MR) is 63.9 cm³/mol. The minimum absolute atomic E-state index is 0.00245. The third-order valence-electron chi connectivity index (χ3n) is 3.56. The number of amides is 1. The lowest BCUT2D eigenvalue weighted by atomic mass is 10.0. The molecule has 0 aromatic carbocycles. The number of rotatable bonds is 4. The summed E-state index contributed by atoms with van der Waals surface area (Å²) in [6, 6.07) is 3.41. The van der Waals surface area contributed by atoms with E-state index in [0.29, 0.717) is 25.8 Å². The third-order valence-corrected chi connectivity index (χ3v) is 3.56. The van der Waals surface area contributed by atoms with Gasteiger partial charge in [-0.05, 0) is 25.5 Å². The van der Waals surface area contributed by atoms with E-state index in [1.807, 2.05) is 6.07 Å². The second-order valence-corrected chi connectivity index (χ2v) is 4.64. The zero-order valence-electron chi connectivity index (χ0n) is 10.3. The van der Waals surface area contributed by atoms with Crippen LogP contribution in [0.1, 0.15) is 25.5 Å². The second-order valence-electron chi connectivity index (χ2n) is 4.64. The summed E-state index contributed by atoms with van der Waals surface area (Å²) in [5, 5.41) is 9.01. The number of carbonyl (C=O) groups excluding carboxylic acids is 1. The Morgan fingerprint density at radius 1 is 1.56 bits per heavy atom. The zero-order chi connectivity index (χ0) is 13.1. The van der Waals surface area contributed by atoms with Gasteiger partial charge in [-0.2, -0.15) is 0 Å². The van der Waals surface area contributed by atoms with Gasteiger partial charge in [0.15, 0.2) is 0 Å². The van der Waals surface area contributed by atoms with Gasteiger partial charge in [0.05, 0.1) is 12.2 Å². The first-order chi connectivity index (χ1) is 8.59. The summed E-state index contributed by atoms with van der Waals surface area (Å²) >= 11 is 0. The fraction of sp³-hybridized carbons (Fsp3) is 0.538. The number of carboxylic acid groups (broad SMARTS) is 1. The quantitative estimate of drug-likeness (QED) is 0.881. The van der Waals surface area contributed by atoms with Gasteiger partial charge in [0.1, 0.15) is 5.76 Å². The highest BCUT2D eigenvalue weighted by Gasteiger charge is 2.37. The van der Waals surface area contributed by atoms with Crippen molar-refractivity contribution in [3.8, 4) is 0 Å². The molecule has 1 aromatic heterocycles. The van der Waals surface area contributed by atoms with Crippen LogP contribution in [0.15, 0.2) is 22.8 Å². The molecule has 1 saturated heterocycles. The lowest BCUT2D eigenvalue weighted by Crippen LogP contribution is -2.37. The maximum Gasteiger partial charge on any atom is 0.308 e. The van der Waals surface area contributed by atoms with E-state index in [4.69, 9.17) is 9.52 Å². The van der Waals surface area contributed by atoms with Crippen LogP contribution in [-0.2, 0) is 16.0 Å². The summed E-state index contributed by atoms with van der Waals surface area (Å²) in [6.45, 7) is 2.34. The van der Waals surface area contributed by atoms with Gasteiger partial charge in [0.25, 0.3) is 0 Å². The molecule has 2 atom stereocenters. The topological polar surface area (TPSA) is 70.8 Å². The van der Waals surface area contributed by atoms with E-state index in [1.165, 1.54) is 0 Å². The summed E-state index contributed by atoms with van der Waals surface area (Å²) in [6.07, 6.45) is 3.05. The summed E-state index contributed by atoms with van der Waals surface area (Å²) in [5.74, 6) is -0.464. The standard InChI is InChI=1S/C13H17NO4/c1-9-11(13(16)17)6-7-14(9)12(15)5-4-10-3-2-8-18-10/h2-3,8-9,11H,4-7H2,1H3,(H,16,17). The number of carbonyl (C=O) groups is 2. The fourth-order valence-corrected chi connectivity index (χ4v) is 2.45. The molecule has 1 amide bonds. The van der Waals surface area contributed by atoms with Crippen LogP contribution in [0, 0.1) is 5.92 Å². The van der Waals surface area contributed by atoms with Gasteiger partial charge in [-0.25, -0.2) is 0 Å². The van der Waals surface area contributed by atoms with E-state index >= 15 is 0 Å². The summed E-state index contributed by atoms with van der Waals surface area (Å²) in [4.78, 5) is 24.7. The SMILES string of the molecule is CC1C(C(=O)O)CCN1C(=O)CCc1ccco1. The number of likely N-dealkylation sites (tertiary alicyclic amines) is 1. The number of hydrogen-bond acceptors (Lipinski definition) is 3. The van der Waals surface area contributed by atoms with Crippen molar-refractivity contribution in [1.29, 1.82) is 0 Å². The van der Waals surface area contributed by atoms with Crippen molar-refractivity contribution in [2.45, 2.75) is 32.2 Å². The van der Waals surface area contributed by atoms with Crippen LogP contribution in [0.3, 0.4) is 0 Å². The average molecular weight is 251 g/mol. The van der Waals surface area contributed by atoms with Gasteiger partial charge in [-0.3, -0.25) is 9.59 Å². The number of hydrogen-bond donors (Lipinski definition) is 1. The van der Waals surface area contributed by atoms with E-state index in [-0.39, 0.29) is 11.9 Å². The Hall–Kier alpha value is -1.78. The highest BCUT2D eigenvalue weighted by atomic mass is 16.4. The number of furan rings is 1. The van der Waals surface area contributed by atoms with Crippen LogP contribution >= 0.6 is 0 Å². The third kappa shape index (κ3) is 2.55. The number of aryl methyl sites for hydroxylation is 1. The summed E-state index contributed by atoms with van der Waals surface area (Å²) < 4.78 is 5.17. The Bertz CT molecular complexity index is 426. The van der Waals surface area contributed by atoms with Gasteiger partial charge >= 0.3 is 5.97 Å². The minimum atomic E-state index is -0.816. The van der Waals surface area contributed by atoms with Crippen molar-refractivity contribution in [2.75, 3.05) is 6.54 Å². The molecule has 5 heteroatoms. The number of nitrogens with zero attached hydrogens (tertiary/aromatic N) is 1. The number of carboxylic acids is 1. The molecular weight excluding hydrogens is 234 g/mol. The maximum absolute atomic E-state index is 12.0. The van der Waals surface area contributed by atoms with Gasteiger partial charge in [0.2, 0.25) is 5.91 Å². The lowest BCUT2D eigenvalue weighted by Gasteiger charge is -2.23. The molecule has 1 aliphatic heterocycles. The van der Waals surface area contributed by atoms with Gasteiger partial charge < -0.3 is 14.4 Å². The van der Waals surface area contributed by atoms with Crippen LogP contribution in [-0.4, -0.2) is 34.5 Å². The first-order valence-electron chi connectivity index (χ1n) is 6.14. The molecule has 5 nitrogen and oxygen atoms in total.